The second kappa shape index (κ2) is 8.57. The standard InChI is InChI=1S/C36H25BN2/c1-3-13-26(14-4-1)37-32-20-10-7-17-28(32)36(29-23-24-38-25-33(29)37)30-18-8-11-21-34(30)39(27-15-5-2-6-16-27)35-22-12-9-19-31(35)36/h1-25H. The first kappa shape index (κ1) is 22.1. The van der Waals surface area contributed by atoms with Gasteiger partial charge in [-0.1, -0.05) is 120 Å². The molecule has 2 nitrogen and oxygen atoms in total. The number of fused-ring (bicyclic) bond motifs is 8. The topological polar surface area (TPSA) is 16.1 Å². The van der Waals surface area contributed by atoms with Gasteiger partial charge in [0.25, 0.3) is 0 Å². The minimum atomic E-state index is -0.474. The third kappa shape index (κ3) is 3.02. The molecule has 2 aliphatic heterocycles. The predicted octanol–water partition coefficient (Wildman–Crippen LogP) is 6.08. The lowest BCUT2D eigenvalue weighted by Gasteiger charge is -2.50. The van der Waals surface area contributed by atoms with Gasteiger partial charge in [-0.05, 0) is 58.0 Å². The van der Waals surface area contributed by atoms with Crippen LogP contribution >= 0.6 is 0 Å². The smallest absolute Gasteiger partial charge is 0.244 e. The Morgan fingerprint density at radius 2 is 1.03 bits per heavy atom. The molecule has 0 amide bonds. The van der Waals surface area contributed by atoms with Gasteiger partial charge in [0.2, 0.25) is 6.71 Å². The van der Waals surface area contributed by atoms with Crippen molar-refractivity contribution in [1.82, 2.24) is 4.98 Å². The van der Waals surface area contributed by atoms with Crippen molar-refractivity contribution in [1.29, 1.82) is 0 Å². The van der Waals surface area contributed by atoms with E-state index in [9.17, 15) is 0 Å². The highest BCUT2D eigenvalue weighted by Crippen LogP contribution is 2.57. The van der Waals surface area contributed by atoms with Crippen LogP contribution in [0.1, 0.15) is 22.3 Å². The van der Waals surface area contributed by atoms with E-state index in [0.29, 0.717) is 0 Å². The first-order valence-electron chi connectivity index (χ1n) is 13.5. The Labute approximate surface area is 229 Å². The zero-order valence-electron chi connectivity index (χ0n) is 21.4. The molecule has 0 saturated heterocycles. The molecule has 1 aromatic heterocycles. The molecule has 2 aliphatic rings. The molecule has 0 saturated carbocycles. The Morgan fingerprint density at radius 3 is 1.72 bits per heavy atom. The van der Waals surface area contributed by atoms with Gasteiger partial charge < -0.3 is 4.90 Å². The number of hydrogen-bond acceptors (Lipinski definition) is 2. The molecule has 0 N–H and O–H groups in total. The molecule has 6 aromatic rings. The van der Waals surface area contributed by atoms with E-state index in [1.165, 1.54) is 50.0 Å². The quantitative estimate of drug-likeness (QED) is 0.270. The van der Waals surface area contributed by atoms with Gasteiger partial charge in [0.15, 0.2) is 0 Å². The number of nitrogens with zero attached hydrogens (tertiary/aromatic N) is 2. The Kier molecular flexibility index (Phi) is 4.87. The summed E-state index contributed by atoms with van der Waals surface area (Å²) in [6.07, 6.45) is 4.06. The van der Waals surface area contributed by atoms with Crippen LogP contribution in [-0.2, 0) is 5.41 Å². The largest absolute Gasteiger partial charge is 0.310 e. The molecule has 5 aromatic carbocycles. The number of anilines is 3. The van der Waals surface area contributed by atoms with Gasteiger partial charge in [-0.25, -0.2) is 0 Å². The summed E-state index contributed by atoms with van der Waals surface area (Å²) in [6, 6.07) is 50.8. The number of hydrogen-bond donors (Lipinski definition) is 0. The average Bonchev–Trinajstić information content (AvgIpc) is 3.02. The normalized spacial score (nSPS) is 14.3. The highest BCUT2D eigenvalue weighted by atomic mass is 15.2. The Hall–Kier alpha value is -4.89. The number of para-hydroxylation sites is 3. The fourth-order valence-electron chi connectivity index (χ4n) is 7.07. The average molecular weight is 496 g/mol. The summed E-state index contributed by atoms with van der Waals surface area (Å²) in [7, 11) is 0. The maximum Gasteiger partial charge on any atom is 0.244 e. The van der Waals surface area contributed by atoms with E-state index < -0.39 is 5.41 Å². The van der Waals surface area contributed by atoms with Crippen molar-refractivity contribution >= 4 is 40.2 Å². The fourth-order valence-corrected chi connectivity index (χ4v) is 7.07. The first-order valence-corrected chi connectivity index (χ1v) is 13.5. The fraction of sp³-hybridized carbons (Fsp3) is 0.0278. The summed E-state index contributed by atoms with van der Waals surface area (Å²) < 4.78 is 0. The lowest BCUT2D eigenvalue weighted by molar-refractivity contribution is 0.735. The molecular weight excluding hydrogens is 471 g/mol. The van der Waals surface area contributed by atoms with Gasteiger partial charge >= 0.3 is 0 Å². The second-order valence-electron chi connectivity index (χ2n) is 10.3. The summed E-state index contributed by atoms with van der Waals surface area (Å²) in [5.74, 6) is 0. The summed E-state index contributed by atoms with van der Waals surface area (Å²) in [5.41, 5.74) is 12.2. The molecule has 0 aliphatic carbocycles. The number of rotatable bonds is 2. The van der Waals surface area contributed by atoms with E-state index in [2.05, 4.69) is 156 Å². The van der Waals surface area contributed by atoms with E-state index in [1.54, 1.807) is 0 Å². The molecule has 182 valence electrons. The summed E-state index contributed by atoms with van der Waals surface area (Å²) in [5, 5.41) is 0. The maximum absolute atomic E-state index is 4.69. The van der Waals surface area contributed by atoms with Gasteiger partial charge in [-0.15, -0.1) is 0 Å². The van der Waals surface area contributed by atoms with E-state index in [-0.39, 0.29) is 6.71 Å². The zero-order chi connectivity index (χ0) is 25.8. The van der Waals surface area contributed by atoms with Crippen molar-refractivity contribution in [2.75, 3.05) is 4.90 Å². The minimum Gasteiger partial charge on any atom is -0.310 e. The third-order valence-electron chi connectivity index (χ3n) is 8.49. The molecule has 8 rings (SSSR count). The maximum atomic E-state index is 4.69. The van der Waals surface area contributed by atoms with Crippen LogP contribution in [0.5, 0.6) is 0 Å². The molecule has 3 heterocycles. The van der Waals surface area contributed by atoms with Gasteiger partial charge in [0.05, 0.1) is 16.8 Å². The van der Waals surface area contributed by atoms with E-state index >= 15 is 0 Å². The van der Waals surface area contributed by atoms with Crippen LogP contribution in [0.2, 0.25) is 0 Å². The van der Waals surface area contributed by atoms with Crippen LogP contribution < -0.4 is 21.3 Å². The third-order valence-corrected chi connectivity index (χ3v) is 8.49. The van der Waals surface area contributed by atoms with Gasteiger partial charge in [-0.2, -0.15) is 0 Å². The molecule has 1 spiro atoms. The van der Waals surface area contributed by atoms with E-state index in [0.717, 1.165) is 5.69 Å². The van der Waals surface area contributed by atoms with Crippen molar-refractivity contribution in [3.8, 4) is 0 Å². The molecule has 0 radical (unpaired) electrons. The van der Waals surface area contributed by atoms with Crippen molar-refractivity contribution in [2.45, 2.75) is 5.41 Å². The van der Waals surface area contributed by atoms with Gasteiger partial charge in [0.1, 0.15) is 0 Å². The molecular formula is C36H25BN2. The van der Waals surface area contributed by atoms with Crippen LogP contribution in [0, 0.1) is 0 Å². The van der Waals surface area contributed by atoms with Crippen LogP contribution in [0.25, 0.3) is 0 Å². The Balaban J connectivity index is 1.53. The summed E-state index contributed by atoms with van der Waals surface area (Å²) >= 11 is 0. The minimum absolute atomic E-state index is 0.114. The second-order valence-corrected chi connectivity index (χ2v) is 10.3. The summed E-state index contributed by atoms with van der Waals surface area (Å²) in [6.45, 7) is 0.114. The number of pyridine rings is 1. The lowest BCUT2D eigenvalue weighted by atomic mass is 9.30. The van der Waals surface area contributed by atoms with E-state index in [4.69, 9.17) is 0 Å². The van der Waals surface area contributed by atoms with Crippen LogP contribution in [0.3, 0.4) is 0 Å². The lowest BCUT2D eigenvalue weighted by Crippen LogP contribution is -2.62. The monoisotopic (exact) mass is 496 g/mol. The first-order chi connectivity index (χ1) is 19.4. The van der Waals surface area contributed by atoms with Crippen LogP contribution in [-0.4, -0.2) is 11.7 Å². The molecule has 0 unspecified atom stereocenters. The summed E-state index contributed by atoms with van der Waals surface area (Å²) in [4.78, 5) is 7.11. The van der Waals surface area contributed by atoms with Gasteiger partial charge in [0, 0.05) is 18.1 Å². The highest BCUT2D eigenvalue weighted by molar-refractivity contribution is 6.96. The van der Waals surface area contributed by atoms with Crippen molar-refractivity contribution in [3.05, 3.63) is 174 Å². The van der Waals surface area contributed by atoms with Gasteiger partial charge in [-0.3, -0.25) is 4.98 Å². The molecule has 0 fully saturated rings. The molecule has 0 atom stereocenters. The number of aromatic nitrogens is 1. The SMILES string of the molecule is c1ccc(B2c3ccccc3C3(c4ccncc42)c2ccccc2N(c2ccccc2)c2ccccc23)cc1. The van der Waals surface area contributed by atoms with Crippen LogP contribution in [0.4, 0.5) is 17.1 Å². The van der Waals surface area contributed by atoms with Crippen molar-refractivity contribution in [3.63, 3.8) is 0 Å². The van der Waals surface area contributed by atoms with E-state index in [1.807, 2.05) is 6.20 Å². The molecule has 0 bridgehead atoms. The zero-order valence-corrected chi connectivity index (χ0v) is 21.4. The Morgan fingerprint density at radius 1 is 0.487 bits per heavy atom. The Bertz CT molecular complexity index is 1600. The highest BCUT2D eigenvalue weighted by Gasteiger charge is 2.52. The van der Waals surface area contributed by atoms with Crippen molar-refractivity contribution < 1.29 is 0 Å². The molecule has 39 heavy (non-hydrogen) atoms. The van der Waals surface area contributed by atoms with Crippen LogP contribution in [0.15, 0.2) is 152 Å². The van der Waals surface area contributed by atoms with Crippen molar-refractivity contribution in [2.24, 2.45) is 0 Å². The molecule has 3 heteroatoms. The predicted molar refractivity (Wildman–Crippen MR) is 162 cm³/mol. The number of benzene rings is 5.